The highest BCUT2D eigenvalue weighted by molar-refractivity contribution is 5.81. The summed E-state index contributed by atoms with van der Waals surface area (Å²) in [5.41, 5.74) is 0.867. The van der Waals surface area contributed by atoms with E-state index in [0.717, 1.165) is 31.5 Å². The van der Waals surface area contributed by atoms with Gasteiger partial charge in [0.05, 0.1) is 0 Å². The molecule has 0 rings (SSSR count). The van der Waals surface area contributed by atoms with Gasteiger partial charge in [-0.2, -0.15) is 0 Å². The summed E-state index contributed by atoms with van der Waals surface area (Å²) in [6.45, 7) is 3.05. The lowest BCUT2D eigenvalue weighted by Gasteiger charge is -1.99. The van der Waals surface area contributed by atoms with E-state index in [4.69, 9.17) is 5.41 Å². The quantitative estimate of drug-likeness (QED) is 0.540. The van der Waals surface area contributed by atoms with Gasteiger partial charge < -0.3 is 10.7 Å². The molecule has 0 unspecified atom stereocenters. The maximum atomic E-state index is 7.35. The van der Waals surface area contributed by atoms with Gasteiger partial charge in [-0.3, -0.25) is 0 Å². The molecule has 0 atom stereocenters. The fourth-order valence-electron chi connectivity index (χ4n) is 0.703. The lowest BCUT2D eigenvalue weighted by atomic mass is 10.2. The molecule has 0 saturated heterocycles. The zero-order valence-electron chi connectivity index (χ0n) is 6.33. The highest BCUT2D eigenvalue weighted by Crippen LogP contribution is 1.92. The van der Waals surface area contributed by atoms with Gasteiger partial charge in [-0.15, -0.1) is 0 Å². The van der Waals surface area contributed by atoms with Crippen molar-refractivity contribution in [3.8, 4) is 0 Å². The fraction of sp³-hybridized carbons (Fsp3) is 0.857. The van der Waals surface area contributed by atoms with Crippen molar-refractivity contribution in [2.75, 3.05) is 13.6 Å². The second-order valence-electron chi connectivity index (χ2n) is 2.21. The lowest BCUT2D eigenvalue weighted by Crippen LogP contribution is -2.11. The second-order valence-corrected chi connectivity index (χ2v) is 2.21. The van der Waals surface area contributed by atoms with Crippen molar-refractivity contribution < 1.29 is 0 Å². The molecule has 0 aromatic heterocycles. The van der Waals surface area contributed by atoms with E-state index in [1.54, 1.807) is 0 Å². The molecule has 0 aromatic carbocycles. The van der Waals surface area contributed by atoms with Crippen molar-refractivity contribution >= 4 is 5.71 Å². The van der Waals surface area contributed by atoms with Gasteiger partial charge in [0.25, 0.3) is 0 Å². The van der Waals surface area contributed by atoms with Crippen LogP contribution in [0.1, 0.15) is 26.2 Å². The van der Waals surface area contributed by atoms with Gasteiger partial charge in [-0.05, 0) is 19.9 Å². The zero-order chi connectivity index (χ0) is 7.11. The van der Waals surface area contributed by atoms with Crippen LogP contribution in [0.5, 0.6) is 0 Å². The van der Waals surface area contributed by atoms with E-state index in [1.165, 1.54) is 0 Å². The average Bonchev–Trinajstić information content (AvgIpc) is 1.85. The summed E-state index contributed by atoms with van der Waals surface area (Å²) in [4.78, 5) is 0. The van der Waals surface area contributed by atoms with Crippen LogP contribution in [0.3, 0.4) is 0 Å². The van der Waals surface area contributed by atoms with Crippen LogP contribution in [-0.2, 0) is 0 Å². The Kier molecular flexibility index (Phi) is 5.52. The number of rotatable bonds is 5. The van der Waals surface area contributed by atoms with Crippen molar-refractivity contribution in [2.45, 2.75) is 26.2 Å². The summed E-state index contributed by atoms with van der Waals surface area (Å²) < 4.78 is 0. The summed E-state index contributed by atoms with van der Waals surface area (Å²) >= 11 is 0. The number of hydrogen-bond donors (Lipinski definition) is 2. The first-order chi connectivity index (χ1) is 4.31. The van der Waals surface area contributed by atoms with Crippen LogP contribution in [0.4, 0.5) is 0 Å². The molecule has 0 aromatic rings. The Morgan fingerprint density at radius 1 is 1.44 bits per heavy atom. The van der Waals surface area contributed by atoms with Crippen molar-refractivity contribution in [2.24, 2.45) is 0 Å². The van der Waals surface area contributed by atoms with Crippen molar-refractivity contribution in [1.29, 1.82) is 5.41 Å². The van der Waals surface area contributed by atoms with Gasteiger partial charge in [-0.1, -0.05) is 13.3 Å². The summed E-state index contributed by atoms with van der Waals surface area (Å²) in [7, 11) is 1.92. The molecule has 0 aliphatic heterocycles. The molecule has 2 N–H and O–H groups in total. The summed E-state index contributed by atoms with van der Waals surface area (Å²) in [5.74, 6) is 0. The Balaban J connectivity index is 3.06. The van der Waals surface area contributed by atoms with E-state index >= 15 is 0 Å². The predicted molar refractivity (Wildman–Crippen MR) is 41.2 cm³/mol. The Labute approximate surface area is 57.2 Å². The van der Waals surface area contributed by atoms with Crippen molar-refractivity contribution in [3.63, 3.8) is 0 Å². The van der Waals surface area contributed by atoms with Gasteiger partial charge in [0, 0.05) is 12.3 Å². The summed E-state index contributed by atoms with van der Waals surface area (Å²) in [5, 5.41) is 10.4. The van der Waals surface area contributed by atoms with E-state index in [2.05, 4.69) is 12.2 Å². The largest absolute Gasteiger partial charge is 0.319 e. The normalized spacial score (nSPS) is 9.56. The molecular weight excluding hydrogens is 112 g/mol. The Morgan fingerprint density at radius 2 is 2.11 bits per heavy atom. The molecule has 0 amide bonds. The topological polar surface area (TPSA) is 35.9 Å². The molecule has 0 saturated carbocycles. The predicted octanol–water partition coefficient (Wildman–Crippen LogP) is 1.42. The van der Waals surface area contributed by atoms with E-state index in [1.807, 2.05) is 7.05 Å². The Bertz CT molecular complexity index is 79.0. The SMILES string of the molecule is CCCC(=N)CCNC. The van der Waals surface area contributed by atoms with Crippen molar-refractivity contribution in [1.82, 2.24) is 5.32 Å². The van der Waals surface area contributed by atoms with Crippen molar-refractivity contribution in [3.05, 3.63) is 0 Å². The molecular formula is C7H16N2. The molecule has 0 aliphatic rings. The van der Waals surface area contributed by atoms with Gasteiger partial charge in [0.15, 0.2) is 0 Å². The third-order valence-corrected chi connectivity index (χ3v) is 1.23. The highest BCUT2D eigenvalue weighted by Gasteiger charge is 1.91. The fourth-order valence-corrected chi connectivity index (χ4v) is 0.703. The molecule has 9 heavy (non-hydrogen) atoms. The van der Waals surface area contributed by atoms with Gasteiger partial charge in [0.1, 0.15) is 0 Å². The molecule has 54 valence electrons. The van der Waals surface area contributed by atoms with E-state index in [0.29, 0.717) is 0 Å². The molecule has 0 aliphatic carbocycles. The van der Waals surface area contributed by atoms with Crippen LogP contribution in [-0.4, -0.2) is 19.3 Å². The third-order valence-electron chi connectivity index (χ3n) is 1.23. The minimum Gasteiger partial charge on any atom is -0.319 e. The van der Waals surface area contributed by atoms with Crippen LogP contribution < -0.4 is 5.32 Å². The molecule has 2 nitrogen and oxygen atoms in total. The van der Waals surface area contributed by atoms with E-state index in [-0.39, 0.29) is 0 Å². The first kappa shape index (κ1) is 8.63. The monoisotopic (exact) mass is 128 g/mol. The maximum absolute atomic E-state index is 7.35. The van der Waals surface area contributed by atoms with Gasteiger partial charge >= 0.3 is 0 Å². The second kappa shape index (κ2) is 5.76. The molecule has 0 fully saturated rings. The smallest absolute Gasteiger partial charge is 0.0102 e. The third kappa shape index (κ3) is 5.50. The van der Waals surface area contributed by atoms with E-state index < -0.39 is 0 Å². The van der Waals surface area contributed by atoms with E-state index in [9.17, 15) is 0 Å². The van der Waals surface area contributed by atoms with Crippen LogP contribution in [0, 0.1) is 5.41 Å². The number of hydrogen-bond acceptors (Lipinski definition) is 2. The van der Waals surface area contributed by atoms with Crippen LogP contribution in [0.2, 0.25) is 0 Å². The molecule has 2 heteroatoms. The molecule has 0 spiro atoms. The zero-order valence-corrected chi connectivity index (χ0v) is 6.33. The first-order valence-electron chi connectivity index (χ1n) is 3.52. The average molecular weight is 128 g/mol. The standard InChI is InChI=1S/C7H16N2/c1-3-4-7(8)5-6-9-2/h8-9H,3-6H2,1-2H3. The lowest BCUT2D eigenvalue weighted by molar-refractivity contribution is 0.806. The molecule has 0 heterocycles. The Morgan fingerprint density at radius 3 is 2.56 bits per heavy atom. The minimum atomic E-state index is 0.867. The minimum absolute atomic E-state index is 0.867. The Hall–Kier alpha value is -0.370. The summed E-state index contributed by atoms with van der Waals surface area (Å²) in [6.07, 6.45) is 2.97. The van der Waals surface area contributed by atoms with Crippen LogP contribution in [0.25, 0.3) is 0 Å². The first-order valence-corrected chi connectivity index (χ1v) is 3.52. The number of nitrogens with one attached hydrogen (secondary N) is 2. The highest BCUT2D eigenvalue weighted by atomic mass is 14.8. The molecule has 0 radical (unpaired) electrons. The summed E-state index contributed by atoms with van der Waals surface area (Å²) in [6, 6.07) is 0. The maximum Gasteiger partial charge on any atom is 0.0102 e. The van der Waals surface area contributed by atoms with Gasteiger partial charge in [-0.25, -0.2) is 0 Å². The van der Waals surface area contributed by atoms with Gasteiger partial charge in [0.2, 0.25) is 0 Å². The van der Waals surface area contributed by atoms with Crippen LogP contribution in [0.15, 0.2) is 0 Å². The van der Waals surface area contributed by atoms with Crippen LogP contribution >= 0.6 is 0 Å². The molecule has 0 bridgehead atoms.